The van der Waals surface area contributed by atoms with Gasteiger partial charge in [0.05, 0.1) is 11.6 Å². The lowest BCUT2D eigenvalue weighted by Crippen LogP contribution is -2.42. The Morgan fingerprint density at radius 1 is 1.27 bits per heavy atom. The molecule has 3 N–H and O–H groups in total. The fourth-order valence-electron chi connectivity index (χ4n) is 2.34. The Morgan fingerprint density at radius 3 is 2.41 bits per heavy atom. The molecule has 1 aromatic rings. The van der Waals surface area contributed by atoms with Crippen molar-refractivity contribution in [3.05, 3.63) is 29.3 Å². The predicted molar refractivity (Wildman–Crippen MR) is 72.4 cm³/mol. The number of nitrogens with one attached hydrogen (secondary N) is 2. The lowest BCUT2D eigenvalue weighted by atomic mass is 10.1. The van der Waals surface area contributed by atoms with E-state index in [1.54, 1.807) is 0 Å². The summed E-state index contributed by atoms with van der Waals surface area (Å²) < 4.78 is 37.7. The van der Waals surface area contributed by atoms with Crippen LogP contribution in [0.1, 0.15) is 24.0 Å². The van der Waals surface area contributed by atoms with E-state index in [0.29, 0.717) is 12.8 Å². The van der Waals surface area contributed by atoms with Gasteiger partial charge >= 0.3 is 12.1 Å². The first-order chi connectivity index (χ1) is 10.2. The molecule has 1 aliphatic heterocycles. The van der Waals surface area contributed by atoms with Gasteiger partial charge in [0.1, 0.15) is 6.04 Å². The van der Waals surface area contributed by atoms with Gasteiger partial charge in [-0.25, -0.2) is 0 Å². The van der Waals surface area contributed by atoms with Gasteiger partial charge in [-0.1, -0.05) is 0 Å². The Bertz CT molecular complexity index is 601. The number of carbonyl (C=O) groups excluding carboxylic acids is 1. The van der Waals surface area contributed by atoms with Crippen LogP contribution in [0.3, 0.4) is 0 Å². The van der Waals surface area contributed by atoms with Crippen LogP contribution >= 0.6 is 0 Å². The van der Waals surface area contributed by atoms with Crippen molar-refractivity contribution in [1.82, 2.24) is 5.32 Å². The van der Waals surface area contributed by atoms with Gasteiger partial charge in [0.2, 0.25) is 5.91 Å². The summed E-state index contributed by atoms with van der Waals surface area (Å²) >= 11 is 0. The van der Waals surface area contributed by atoms with Gasteiger partial charge < -0.3 is 10.4 Å². The lowest BCUT2D eigenvalue weighted by Gasteiger charge is -2.15. The lowest BCUT2D eigenvalue weighted by molar-refractivity contribution is -0.139. The topological polar surface area (TPSA) is 78.4 Å². The SMILES string of the molecule is Cc1cc(C(F)(F)F)ccc1NC(=O)[C@@H]1CC[C@H](C(=O)O)N1. The second-order valence-electron chi connectivity index (χ2n) is 5.20. The van der Waals surface area contributed by atoms with Gasteiger partial charge in [0.25, 0.3) is 0 Å². The van der Waals surface area contributed by atoms with Crippen molar-refractivity contribution in [2.45, 2.75) is 38.0 Å². The Balaban J connectivity index is 2.05. The Labute approximate surface area is 124 Å². The van der Waals surface area contributed by atoms with E-state index >= 15 is 0 Å². The van der Waals surface area contributed by atoms with E-state index < -0.39 is 35.7 Å². The van der Waals surface area contributed by atoms with Crippen molar-refractivity contribution in [3.63, 3.8) is 0 Å². The number of benzene rings is 1. The van der Waals surface area contributed by atoms with Crippen molar-refractivity contribution in [2.24, 2.45) is 0 Å². The summed E-state index contributed by atoms with van der Waals surface area (Å²) in [6.45, 7) is 1.47. The average molecular weight is 316 g/mol. The molecule has 0 aromatic heterocycles. The molecule has 2 atom stereocenters. The standard InChI is InChI=1S/C14H15F3N2O3/c1-7-6-8(14(15,16)17)2-3-9(7)19-12(20)10-4-5-11(18-10)13(21)22/h2-3,6,10-11,18H,4-5H2,1H3,(H,19,20)(H,21,22)/t10-,11+/m0/s1. The summed E-state index contributed by atoms with van der Waals surface area (Å²) in [7, 11) is 0. The first-order valence-corrected chi connectivity index (χ1v) is 6.66. The molecular weight excluding hydrogens is 301 g/mol. The van der Waals surface area contributed by atoms with Crippen molar-refractivity contribution in [1.29, 1.82) is 0 Å². The van der Waals surface area contributed by atoms with Crippen LogP contribution in [0.4, 0.5) is 18.9 Å². The monoisotopic (exact) mass is 316 g/mol. The number of aryl methyl sites for hydroxylation is 1. The Hall–Kier alpha value is -2.09. The molecule has 0 aliphatic carbocycles. The minimum atomic E-state index is -4.44. The predicted octanol–water partition coefficient (Wildman–Crippen LogP) is 2.16. The number of anilines is 1. The molecule has 1 amide bonds. The molecule has 0 spiro atoms. The first-order valence-electron chi connectivity index (χ1n) is 6.66. The molecule has 120 valence electrons. The number of aliphatic carboxylic acids is 1. The normalized spacial score (nSPS) is 21.6. The van der Waals surface area contributed by atoms with Crippen LogP contribution in [0.15, 0.2) is 18.2 Å². The van der Waals surface area contributed by atoms with Crippen molar-refractivity contribution in [2.75, 3.05) is 5.32 Å². The molecule has 1 aromatic carbocycles. The molecule has 5 nitrogen and oxygen atoms in total. The highest BCUT2D eigenvalue weighted by Gasteiger charge is 2.34. The summed E-state index contributed by atoms with van der Waals surface area (Å²) in [6, 6.07) is 1.61. The summed E-state index contributed by atoms with van der Waals surface area (Å²) in [5.74, 6) is -1.48. The van der Waals surface area contributed by atoms with E-state index in [9.17, 15) is 22.8 Å². The van der Waals surface area contributed by atoms with E-state index in [0.717, 1.165) is 12.1 Å². The molecule has 0 radical (unpaired) electrons. The summed E-state index contributed by atoms with van der Waals surface area (Å²) in [4.78, 5) is 22.8. The molecule has 0 unspecified atom stereocenters. The third-order valence-corrected chi connectivity index (χ3v) is 3.57. The highest BCUT2D eigenvalue weighted by Crippen LogP contribution is 2.31. The smallest absolute Gasteiger partial charge is 0.416 e. The minimum absolute atomic E-state index is 0.276. The van der Waals surface area contributed by atoms with E-state index in [4.69, 9.17) is 5.11 Å². The maximum atomic E-state index is 12.6. The van der Waals surface area contributed by atoms with Crippen molar-refractivity contribution >= 4 is 17.6 Å². The number of amides is 1. The van der Waals surface area contributed by atoms with Crippen LogP contribution in [0.2, 0.25) is 0 Å². The fourth-order valence-corrected chi connectivity index (χ4v) is 2.34. The molecule has 22 heavy (non-hydrogen) atoms. The second kappa shape index (κ2) is 5.96. The zero-order chi connectivity index (χ0) is 16.5. The zero-order valence-corrected chi connectivity index (χ0v) is 11.7. The van der Waals surface area contributed by atoms with Crippen LogP contribution in [0.5, 0.6) is 0 Å². The molecule has 8 heteroatoms. The van der Waals surface area contributed by atoms with Crippen LogP contribution in [0.25, 0.3) is 0 Å². The molecule has 1 saturated heterocycles. The minimum Gasteiger partial charge on any atom is -0.480 e. The third-order valence-electron chi connectivity index (χ3n) is 3.57. The fraction of sp³-hybridized carbons (Fsp3) is 0.429. The maximum absolute atomic E-state index is 12.6. The summed E-state index contributed by atoms with van der Waals surface area (Å²) in [5, 5.41) is 14.1. The van der Waals surface area contributed by atoms with Crippen molar-refractivity contribution in [3.8, 4) is 0 Å². The highest BCUT2D eigenvalue weighted by atomic mass is 19.4. The number of hydrogen-bond acceptors (Lipinski definition) is 3. The first kappa shape index (κ1) is 16.3. The molecule has 1 aliphatic rings. The largest absolute Gasteiger partial charge is 0.480 e. The Kier molecular flexibility index (Phi) is 4.41. The number of rotatable bonds is 3. The quantitative estimate of drug-likeness (QED) is 0.798. The molecule has 1 heterocycles. The van der Waals surface area contributed by atoms with Gasteiger partial charge in [-0.2, -0.15) is 13.2 Å². The van der Waals surface area contributed by atoms with E-state index in [2.05, 4.69) is 10.6 Å². The van der Waals surface area contributed by atoms with Gasteiger partial charge in [0.15, 0.2) is 0 Å². The highest BCUT2D eigenvalue weighted by molar-refractivity contribution is 5.96. The van der Waals surface area contributed by atoms with E-state index in [-0.39, 0.29) is 11.3 Å². The molecule has 1 fully saturated rings. The number of hydrogen-bond donors (Lipinski definition) is 3. The third kappa shape index (κ3) is 3.56. The number of carboxylic acid groups (broad SMARTS) is 1. The van der Waals surface area contributed by atoms with Gasteiger partial charge in [-0.3, -0.25) is 14.9 Å². The van der Waals surface area contributed by atoms with Gasteiger partial charge in [-0.15, -0.1) is 0 Å². The average Bonchev–Trinajstić information content (AvgIpc) is 2.89. The van der Waals surface area contributed by atoms with Crippen LogP contribution in [-0.2, 0) is 15.8 Å². The number of alkyl halides is 3. The van der Waals surface area contributed by atoms with Crippen LogP contribution in [-0.4, -0.2) is 29.1 Å². The second-order valence-corrected chi connectivity index (χ2v) is 5.20. The Morgan fingerprint density at radius 2 is 1.91 bits per heavy atom. The van der Waals surface area contributed by atoms with E-state index in [1.807, 2.05) is 0 Å². The summed E-state index contributed by atoms with van der Waals surface area (Å²) in [6.07, 6.45) is -3.74. The van der Waals surface area contributed by atoms with Crippen LogP contribution < -0.4 is 10.6 Å². The molecule has 0 saturated carbocycles. The zero-order valence-electron chi connectivity index (χ0n) is 11.7. The maximum Gasteiger partial charge on any atom is 0.416 e. The number of halogens is 3. The number of carboxylic acids is 1. The van der Waals surface area contributed by atoms with Gasteiger partial charge in [-0.05, 0) is 43.5 Å². The van der Waals surface area contributed by atoms with Crippen LogP contribution in [0, 0.1) is 6.92 Å². The van der Waals surface area contributed by atoms with E-state index in [1.165, 1.54) is 13.0 Å². The van der Waals surface area contributed by atoms with Crippen molar-refractivity contribution < 1.29 is 27.9 Å². The van der Waals surface area contributed by atoms with Gasteiger partial charge in [0, 0.05) is 5.69 Å². The number of carbonyl (C=O) groups is 2. The molecule has 0 bridgehead atoms. The molecular formula is C14H15F3N2O3. The summed E-state index contributed by atoms with van der Waals surface area (Å²) in [5.41, 5.74) is -0.220. The molecule has 2 rings (SSSR count).